The maximum atomic E-state index is 6.01. The molecule has 0 saturated carbocycles. The molecule has 4 nitrogen and oxygen atoms in total. The SMILES string of the molecule is CCCc1nc(NC)cc(Oc2cc(C)cc(C)c2C)n1. The molecular formula is C17H23N3O. The molecule has 4 heteroatoms. The summed E-state index contributed by atoms with van der Waals surface area (Å²) in [5.74, 6) is 3.04. The number of nitrogens with zero attached hydrogens (tertiary/aromatic N) is 2. The van der Waals surface area contributed by atoms with Crippen LogP contribution in [0.4, 0.5) is 5.82 Å². The van der Waals surface area contributed by atoms with Crippen LogP contribution in [-0.4, -0.2) is 17.0 Å². The molecule has 0 unspecified atom stereocenters. The third kappa shape index (κ3) is 3.72. The molecule has 2 aromatic rings. The minimum Gasteiger partial charge on any atom is -0.439 e. The van der Waals surface area contributed by atoms with Gasteiger partial charge in [0.1, 0.15) is 17.4 Å². The number of hydrogen-bond acceptors (Lipinski definition) is 4. The zero-order valence-corrected chi connectivity index (χ0v) is 13.4. The van der Waals surface area contributed by atoms with E-state index in [1.165, 1.54) is 11.1 Å². The van der Waals surface area contributed by atoms with Crippen LogP contribution in [0.2, 0.25) is 0 Å². The first-order chi connectivity index (χ1) is 10.0. The summed E-state index contributed by atoms with van der Waals surface area (Å²) in [4.78, 5) is 8.93. The number of benzene rings is 1. The average molecular weight is 285 g/mol. The van der Waals surface area contributed by atoms with Crippen molar-refractivity contribution < 1.29 is 4.74 Å². The van der Waals surface area contributed by atoms with E-state index in [1.54, 1.807) is 0 Å². The lowest BCUT2D eigenvalue weighted by Gasteiger charge is -2.13. The number of rotatable bonds is 5. The zero-order valence-electron chi connectivity index (χ0n) is 13.4. The van der Waals surface area contributed by atoms with Gasteiger partial charge in [-0.1, -0.05) is 13.0 Å². The first-order valence-electron chi connectivity index (χ1n) is 7.35. The van der Waals surface area contributed by atoms with Crippen molar-refractivity contribution >= 4 is 5.82 Å². The fourth-order valence-electron chi connectivity index (χ4n) is 2.21. The van der Waals surface area contributed by atoms with E-state index in [-0.39, 0.29) is 0 Å². The van der Waals surface area contributed by atoms with Gasteiger partial charge in [-0.15, -0.1) is 0 Å². The lowest BCUT2D eigenvalue weighted by molar-refractivity contribution is 0.454. The summed E-state index contributed by atoms with van der Waals surface area (Å²) in [5, 5.41) is 3.06. The molecule has 1 aromatic heterocycles. The van der Waals surface area contributed by atoms with E-state index in [0.29, 0.717) is 5.88 Å². The van der Waals surface area contributed by atoms with E-state index in [0.717, 1.165) is 35.8 Å². The number of aromatic nitrogens is 2. The number of ether oxygens (including phenoxy) is 1. The highest BCUT2D eigenvalue weighted by molar-refractivity contribution is 5.45. The van der Waals surface area contributed by atoms with Gasteiger partial charge in [-0.25, -0.2) is 4.98 Å². The van der Waals surface area contributed by atoms with Gasteiger partial charge in [0.25, 0.3) is 0 Å². The summed E-state index contributed by atoms with van der Waals surface area (Å²) in [5.41, 5.74) is 3.55. The molecular weight excluding hydrogens is 262 g/mol. The van der Waals surface area contributed by atoms with Crippen LogP contribution in [0.5, 0.6) is 11.6 Å². The zero-order chi connectivity index (χ0) is 15.4. The van der Waals surface area contributed by atoms with Crippen LogP contribution in [0.15, 0.2) is 18.2 Å². The van der Waals surface area contributed by atoms with Crippen molar-refractivity contribution in [3.05, 3.63) is 40.7 Å². The number of aryl methyl sites for hydroxylation is 3. The van der Waals surface area contributed by atoms with Crippen molar-refractivity contribution in [2.24, 2.45) is 0 Å². The van der Waals surface area contributed by atoms with Gasteiger partial charge in [0.15, 0.2) is 0 Å². The Labute approximate surface area is 126 Å². The molecule has 0 atom stereocenters. The molecule has 0 amide bonds. The van der Waals surface area contributed by atoms with Gasteiger partial charge < -0.3 is 10.1 Å². The number of hydrogen-bond donors (Lipinski definition) is 1. The molecule has 1 heterocycles. The highest BCUT2D eigenvalue weighted by Crippen LogP contribution is 2.28. The van der Waals surface area contributed by atoms with E-state index >= 15 is 0 Å². The van der Waals surface area contributed by atoms with E-state index < -0.39 is 0 Å². The Balaban J connectivity index is 2.37. The van der Waals surface area contributed by atoms with E-state index in [2.05, 4.69) is 49.0 Å². The predicted octanol–water partition coefficient (Wildman–Crippen LogP) is 4.19. The largest absolute Gasteiger partial charge is 0.439 e. The first-order valence-corrected chi connectivity index (χ1v) is 7.35. The fraction of sp³-hybridized carbons (Fsp3) is 0.412. The lowest BCUT2D eigenvalue weighted by atomic mass is 10.1. The predicted molar refractivity (Wildman–Crippen MR) is 86.3 cm³/mol. The topological polar surface area (TPSA) is 47.0 Å². The molecule has 112 valence electrons. The molecule has 0 aliphatic rings. The molecule has 21 heavy (non-hydrogen) atoms. The Bertz CT molecular complexity index is 638. The van der Waals surface area contributed by atoms with E-state index in [9.17, 15) is 0 Å². The van der Waals surface area contributed by atoms with Crippen molar-refractivity contribution in [3.8, 4) is 11.6 Å². The molecule has 0 spiro atoms. The van der Waals surface area contributed by atoms with Crippen molar-refractivity contribution in [1.82, 2.24) is 9.97 Å². The molecule has 0 saturated heterocycles. The molecule has 0 radical (unpaired) electrons. The maximum Gasteiger partial charge on any atom is 0.224 e. The minimum atomic E-state index is 0.589. The summed E-state index contributed by atoms with van der Waals surface area (Å²) in [6, 6.07) is 6.03. The molecule has 0 fully saturated rings. The highest BCUT2D eigenvalue weighted by atomic mass is 16.5. The Hall–Kier alpha value is -2.10. The molecule has 2 rings (SSSR count). The standard InChI is InChI=1S/C17H23N3O/c1-6-7-15-19-16(18-5)10-17(20-15)21-14-9-11(2)8-12(3)13(14)4/h8-10H,6-7H2,1-5H3,(H,18,19,20). The summed E-state index contributed by atoms with van der Waals surface area (Å²) in [6.07, 6.45) is 1.85. The van der Waals surface area contributed by atoms with Gasteiger partial charge in [0, 0.05) is 19.5 Å². The highest BCUT2D eigenvalue weighted by Gasteiger charge is 2.09. The van der Waals surface area contributed by atoms with Gasteiger partial charge in [0.05, 0.1) is 0 Å². The van der Waals surface area contributed by atoms with Crippen LogP contribution in [-0.2, 0) is 6.42 Å². The molecule has 1 aromatic carbocycles. The van der Waals surface area contributed by atoms with Gasteiger partial charge in [-0.3, -0.25) is 0 Å². The van der Waals surface area contributed by atoms with Crippen molar-refractivity contribution in [3.63, 3.8) is 0 Å². The summed E-state index contributed by atoms with van der Waals surface area (Å²) < 4.78 is 6.01. The Morgan fingerprint density at radius 2 is 1.86 bits per heavy atom. The van der Waals surface area contributed by atoms with Gasteiger partial charge in [-0.2, -0.15) is 4.98 Å². The van der Waals surface area contributed by atoms with Crippen LogP contribution < -0.4 is 10.1 Å². The second kappa shape index (κ2) is 6.57. The normalized spacial score (nSPS) is 10.5. The Kier molecular flexibility index (Phi) is 4.78. The first kappa shape index (κ1) is 15.3. The van der Waals surface area contributed by atoms with Gasteiger partial charge in [-0.05, 0) is 49.9 Å². The van der Waals surface area contributed by atoms with Crippen LogP contribution in [0.1, 0.15) is 35.9 Å². The second-order valence-electron chi connectivity index (χ2n) is 5.31. The molecule has 0 bridgehead atoms. The quantitative estimate of drug-likeness (QED) is 0.895. The summed E-state index contributed by atoms with van der Waals surface area (Å²) >= 11 is 0. The van der Waals surface area contributed by atoms with Crippen molar-refractivity contribution in [2.45, 2.75) is 40.5 Å². The number of anilines is 1. The monoisotopic (exact) mass is 285 g/mol. The van der Waals surface area contributed by atoms with Crippen molar-refractivity contribution in [2.75, 3.05) is 12.4 Å². The fourth-order valence-corrected chi connectivity index (χ4v) is 2.21. The Morgan fingerprint density at radius 3 is 2.52 bits per heavy atom. The van der Waals surface area contributed by atoms with Crippen LogP contribution in [0.25, 0.3) is 0 Å². The van der Waals surface area contributed by atoms with Crippen molar-refractivity contribution in [1.29, 1.82) is 0 Å². The van der Waals surface area contributed by atoms with Gasteiger partial charge in [0.2, 0.25) is 5.88 Å². The maximum absolute atomic E-state index is 6.01. The number of nitrogens with one attached hydrogen (secondary N) is 1. The molecule has 0 aliphatic heterocycles. The average Bonchev–Trinajstić information content (AvgIpc) is 2.44. The van der Waals surface area contributed by atoms with Crippen LogP contribution >= 0.6 is 0 Å². The second-order valence-corrected chi connectivity index (χ2v) is 5.31. The van der Waals surface area contributed by atoms with E-state index in [1.807, 2.05) is 19.2 Å². The Morgan fingerprint density at radius 1 is 1.10 bits per heavy atom. The van der Waals surface area contributed by atoms with Crippen LogP contribution in [0.3, 0.4) is 0 Å². The summed E-state index contributed by atoms with van der Waals surface area (Å²) in [6.45, 7) is 8.35. The molecule has 0 aliphatic carbocycles. The minimum absolute atomic E-state index is 0.589. The third-order valence-electron chi connectivity index (χ3n) is 3.46. The molecule has 1 N–H and O–H groups in total. The van der Waals surface area contributed by atoms with Crippen LogP contribution in [0, 0.1) is 20.8 Å². The van der Waals surface area contributed by atoms with Gasteiger partial charge >= 0.3 is 0 Å². The smallest absolute Gasteiger partial charge is 0.224 e. The summed E-state index contributed by atoms with van der Waals surface area (Å²) in [7, 11) is 1.85. The van der Waals surface area contributed by atoms with E-state index in [4.69, 9.17) is 4.74 Å². The lowest BCUT2D eigenvalue weighted by Crippen LogP contribution is -2.02. The third-order valence-corrected chi connectivity index (χ3v) is 3.46.